The summed E-state index contributed by atoms with van der Waals surface area (Å²) in [6.07, 6.45) is 3.60. The van der Waals surface area contributed by atoms with Crippen molar-refractivity contribution in [2.45, 2.75) is 76.4 Å². The number of halogens is 4. The zero-order chi connectivity index (χ0) is 28.1. The number of benzene rings is 1. The topological polar surface area (TPSA) is 130 Å². The fourth-order valence-electron chi connectivity index (χ4n) is 4.49. The number of imidazole rings is 1. The van der Waals surface area contributed by atoms with E-state index in [1.54, 1.807) is 33.6 Å². The molecule has 1 aromatic carbocycles. The van der Waals surface area contributed by atoms with Gasteiger partial charge in [0.25, 0.3) is 0 Å². The molecule has 210 valence electrons. The van der Waals surface area contributed by atoms with Crippen LogP contribution in [0.5, 0.6) is 0 Å². The highest BCUT2D eigenvalue weighted by atomic mass is 35.5. The Bertz CT molecular complexity index is 1250. The maximum Gasteiger partial charge on any atom is 0.511 e. The van der Waals surface area contributed by atoms with Gasteiger partial charge in [0.05, 0.1) is 18.0 Å². The van der Waals surface area contributed by atoms with Gasteiger partial charge >= 0.3 is 21.5 Å². The normalized spacial score (nSPS) is 18.3. The number of carboxylic acids is 1. The van der Waals surface area contributed by atoms with Crippen LogP contribution in [0.4, 0.5) is 18.9 Å². The zero-order valence-corrected chi connectivity index (χ0v) is 22.3. The number of alkyl halides is 3. The molecule has 0 saturated heterocycles. The molecule has 9 nitrogen and oxygen atoms in total. The second-order valence-corrected chi connectivity index (χ2v) is 11.3. The molecule has 0 radical (unpaired) electrons. The van der Waals surface area contributed by atoms with Gasteiger partial charge in [-0.25, -0.2) is 18.1 Å². The summed E-state index contributed by atoms with van der Waals surface area (Å²) in [5, 5.41) is 12.1. The molecule has 3 N–H and O–H groups in total. The molecule has 0 unspecified atom stereocenters. The molecule has 2 aromatic rings. The molecule has 1 heterocycles. The van der Waals surface area contributed by atoms with Gasteiger partial charge in [0.1, 0.15) is 5.82 Å². The second kappa shape index (κ2) is 12.5. The molecule has 1 fully saturated rings. The monoisotopic (exact) mass is 578 g/mol. The smallest absolute Gasteiger partial charge is 0.481 e. The number of amides is 1. The number of nitrogens with zero attached hydrogens (tertiary/aromatic N) is 2. The summed E-state index contributed by atoms with van der Waals surface area (Å²) < 4.78 is 65.1. The average Bonchev–Trinajstić information content (AvgIpc) is 3.11. The molecule has 2 atom stereocenters. The lowest BCUT2D eigenvalue weighted by Crippen LogP contribution is -2.50. The molecule has 0 aliphatic heterocycles. The number of carbonyl (C=O) groups excluding carboxylic acids is 1. The summed E-state index contributed by atoms with van der Waals surface area (Å²) in [6, 6.07) is 5.53. The lowest BCUT2D eigenvalue weighted by atomic mass is 9.84. The number of nitrogens with one attached hydrogen (secondary N) is 2. The fraction of sp³-hybridized carbons (Fsp3) is 0.542. The van der Waals surface area contributed by atoms with Crippen molar-refractivity contribution in [1.82, 2.24) is 14.3 Å². The van der Waals surface area contributed by atoms with E-state index in [0.29, 0.717) is 43.0 Å². The predicted molar refractivity (Wildman–Crippen MR) is 135 cm³/mol. The molecule has 0 spiro atoms. The van der Waals surface area contributed by atoms with Crippen LogP contribution in [0, 0.1) is 5.92 Å². The van der Waals surface area contributed by atoms with Crippen molar-refractivity contribution < 1.29 is 36.3 Å². The van der Waals surface area contributed by atoms with E-state index in [2.05, 4.69) is 10.3 Å². The number of carboxylic acid groups (broad SMARTS) is 1. The van der Waals surface area contributed by atoms with Crippen molar-refractivity contribution in [1.29, 1.82) is 0 Å². The van der Waals surface area contributed by atoms with Gasteiger partial charge in [0, 0.05) is 24.7 Å². The Balaban J connectivity index is 1.73. The fourth-order valence-corrected chi connectivity index (χ4v) is 5.57. The van der Waals surface area contributed by atoms with Crippen LogP contribution in [0.3, 0.4) is 0 Å². The highest BCUT2D eigenvalue weighted by Gasteiger charge is 2.48. The first-order valence-corrected chi connectivity index (χ1v) is 14.1. The van der Waals surface area contributed by atoms with Crippen LogP contribution in [0.15, 0.2) is 24.3 Å². The van der Waals surface area contributed by atoms with Crippen LogP contribution in [-0.4, -0.2) is 46.5 Å². The van der Waals surface area contributed by atoms with Crippen LogP contribution in [-0.2, 0) is 39.0 Å². The highest BCUT2D eigenvalue weighted by Crippen LogP contribution is 2.30. The Labute approximate surface area is 223 Å². The number of anilines is 1. The Morgan fingerprint density at radius 3 is 2.45 bits per heavy atom. The molecular formula is C24H30ClF3N4O5S. The van der Waals surface area contributed by atoms with Crippen molar-refractivity contribution in [2.75, 3.05) is 5.32 Å². The zero-order valence-electron chi connectivity index (χ0n) is 20.7. The molecule has 1 saturated carbocycles. The lowest BCUT2D eigenvalue weighted by Gasteiger charge is -2.31. The Morgan fingerprint density at radius 1 is 1.18 bits per heavy atom. The standard InChI is InChI=1S/C24H30ClF3N4O5S/c1-2-3-8-20-30-22(25)19(13-21(33)34)32(20)14-15-9-11-16(12-10-15)29-23(35)17-6-4-5-7-18(17)31-38(36,37)24(26,27)28/h9-12,17-18,31H,2-8,13-14H2,1H3,(H,29,35)(H,33,34)/t17-,18-/m1/s1. The first-order valence-electron chi connectivity index (χ1n) is 12.3. The van der Waals surface area contributed by atoms with Crippen molar-refractivity contribution >= 4 is 39.2 Å². The predicted octanol–water partition coefficient (Wildman–Crippen LogP) is 4.49. The third kappa shape index (κ3) is 7.48. The van der Waals surface area contributed by atoms with Crippen LogP contribution in [0.2, 0.25) is 5.15 Å². The van der Waals surface area contributed by atoms with Gasteiger partial charge in [0.15, 0.2) is 5.15 Å². The summed E-state index contributed by atoms with van der Waals surface area (Å²) in [5.74, 6) is -1.88. The molecule has 1 aliphatic rings. The van der Waals surface area contributed by atoms with Gasteiger partial charge in [-0.3, -0.25) is 9.59 Å². The van der Waals surface area contributed by atoms with E-state index in [1.165, 1.54) is 0 Å². The van der Waals surface area contributed by atoms with Crippen LogP contribution in [0.25, 0.3) is 0 Å². The van der Waals surface area contributed by atoms with E-state index in [4.69, 9.17) is 11.6 Å². The first kappa shape index (κ1) is 29.9. The quantitative estimate of drug-likeness (QED) is 0.360. The van der Waals surface area contributed by atoms with E-state index in [-0.39, 0.29) is 24.4 Å². The number of sulfonamides is 1. The van der Waals surface area contributed by atoms with Crippen LogP contribution in [0.1, 0.15) is 62.5 Å². The van der Waals surface area contributed by atoms with Crippen molar-refractivity contribution in [3.05, 3.63) is 46.5 Å². The third-order valence-corrected chi connectivity index (χ3v) is 7.98. The van der Waals surface area contributed by atoms with Crippen LogP contribution >= 0.6 is 11.6 Å². The van der Waals surface area contributed by atoms with Crippen LogP contribution < -0.4 is 10.0 Å². The van der Waals surface area contributed by atoms with Gasteiger partial charge in [-0.05, 0) is 37.0 Å². The van der Waals surface area contributed by atoms with Gasteiger partial charge in [0.2, 0.25) is 5.91 Å². The number of carbonyl (C=O) groups is 2. The minimum atomic E-state index is -5.57. The SMILES string of the molecule is CCCCc1nc(Cl)c(CC(=O)O)n1Cc1ccc(NC(=O)[C@@H]2CCCC[C@H]2NS(=O)(=O)C(F)(F)F)cc1. The molecule has 1 amide bonds. The second-order valence-electron chi connectivity index (χ2n) is 9.28. The molecule has 14 heteroatoms. The van der Waals surface area contributed by atoms with Gasteiger partial charge in [-0.15, -0.1) is 0 Å². The van der Waals surface area contributed by atoms with Crippen molar-refractivity contribution in [3.8, 4) is 0 Å². The number of hydrogen-bond donors (Lipinski definition) is 3. The van der Waals surface area contributed by atoms with Gasteiger partial charge < -0.3 is 15.0 Å². The number of rotatable bonds is 11. The minimum Gasteiger partial charge on any atom is -0.481 e. The molecule has 1 aliphatic carbocycles. The van der Waals surface area contributed by atoms with Gasteiger partial charge in [-0.2, -0.15) is 13.2 Å². The lowest BCUT2D eigenvalue weighted by molar-refractivity contribution is -0.136. The molecule has 38 heavy (non-hydrogen) atoms. The number of aliphatic carboxylic acids is 1. The molecular weight excluding hydrogens is 549 g/mol. The molecule has 3 rings (SSSR count). The Morgan fingerprint density at radius 2 is 1.84 bits per heavy atom. The van der Waals surface area contributed by atoms with E-state index in [1.807, 2.05) is 6.92 Å². The van der Waals surface area contributed by atoms with E-state index < -0.39 is 39.4 Å². The summed E-state index contributed by atoms with van der Waals surface area (Å²) in [4.78, 5) is 28.6. The summed E-state index contributed by atoms with van der Waals surface area (Å²) in [7, 11) is -5.57. The Kier molecular flexibility index (Phi) is 9.82. The summed E-state index contributed by atoms with van der Waals surface area (Å²) >= 11 is 6.22. The highest BCUT2D eigenvalue weighted by molar-refractivity contribution is 7.90. The minimum absolute atomic E-state index is 0.124. The summed E-state index contributed by atoms with van der Waals surface area (Å²) in [5.41, 5.74) is -3.88. The number of aryl methyl sites for hydroxylation is 1. The van der Waals surface area contributed by atoms with Gasteiger partial charge in [-0.1, -0.05) is 49.9 Å². The summed E-state index contributed by atoms with van der Waals surface area (Å²) in [6.45, 7) is 2.33. The van der Waals surface area contributed by atoms with E-state index >= 15 is 0 Å². The number of unbranched alkanes of at least 4 members (excludes halogenated alkanes) is 1. The third-order valence-electron chi connectivity index (χ3n) is 6.45. The number of hydrogen-bond acceptors (Lipinski definition) is 5. The molecule has 1 aromatic heterocycles. The van der Waals surface area contributed by atoms with Crippen molar-refractivity contribution in [3.63, 3.8) is 0 Å². The van der Waals surface area contributed by atoms with E-state index in [0.717, 1.165) is 18.4 Å². The Hall–Kier alpha value is -2.64. The largest absolute Gasteiger partial charge is 0.511 e. The van der Waals surface area contributed by atoms with Crippen molar-refractivity contribution in [2.24, 2.45) is 5.92 Å². The average molecular weight is 579 g/mol. The maximum absolute atomic E-state index is 12.9. The maximum atomic E-state index is 12.9. The molecule has 0 bridgehead atoms. The first-order chi connectivity index (χ1) is 17.8. The van der Waals surface area contributed by atoms with E-state index in [9.17, 15) is 36.3 Å². The number of aromatic nitrogens is 2.